The van der Waals surface area contributed by atoms with Crippen molar-refractivity contribution in [2.24, 2.45) is 0 Å². The van der Waals surface area contributed by atoms with Gasteiger partial charge in [0.15, 0.2) is 10.1 Å². The predicted octanol–water partition coefficient (Wildman–Crippen LogP) is 5.20. The van der Waals surface area contributed by atoms with E-state index in [1.165, 1.54) is 0 Å². The van der Waals surface area contributed by atoms with E-state index in [0.717, 1.165) is 24.3 Å². The first kappa shape index (κ1) is 26.1. The molecule has 0 aliphatic heterocycles. The molecule has 0 radical (unpaired) electrons. The first-order chi connectivity index (χ1) is 15.3. The third kappa shape index (κ3) is 5.98. The number of anilines is 2. The molecule has 33 heavy (non-hydrogen) atoms. The highest BCUT2D eigenvalue weighted by atomic mass is 35.5. The maximum Gasteiger partial charge on any atom is 0.301 e. The lowest BCUT2D eigenvalue weighted by Crippen LogP contribution is -2.36. The third-order valence-electron chi connectivity index (χ3n) is 4.06. The molecular formula is C15H10Cl4N6O8. The summed E-state index contributed by atoms with van der Waals surface area (Å²) in [5, 5.41) is 43.4. The number of nitro groups is 4. The summed E-state index contributed by atoms with van der Waals surface area (Å²) in [5.74, 6) is 0. The molecule has 0 spiro atoms. The van der Waals surface area contributed by atoms with Gasteiger partial charge in [0.05, 0.1) is 33.0 Å². The lowest BCUT2D eigenvalue weighted by Gasteiger charge is -2.18. The third-order valence-corrected chi connectivity index (χ3v) is 5.07. The fourth-order valence-corrected chi connectivity index (χ4v) is 3.98. The highest BCUT2D eigenvalue weighted by Gasteiger charge is 2.34. The van der Waals surface area contributed by atoms with Gasteiger partial charge in [0.1, 0.15) is 0 Å². The molecule has 0 saturated heterocycles. The first-order valence-electron chi connectivity index (χ1n) is 8.45. The average molecular weight is 544 g/mol. The van der Waals surface area contributed by atoms with E-state index in [1.54, 1.807) is 0 Å². The molecule has 0 atom stereocenters. The highest BCUT2D eigenvalue weighted by molar-refractivity contribution is 6.37. The number of hydrazine groups is 2. The molecule has 0 N–H and O–H groups in total. The van der Waals surface area contributed by atoms with Gasteiger partial charge in [-0.1, -0.05) is 56.4 Å². The molecule has 18 heteroatoms. The van der Waals surface area contributed by atoms with Gasteiger partial charge in [-0.3, -0.25) is 20.2 Å². The minimum atomic E-state index is -0.990. The van der Waals surface area contributed by atoms with Crippen molar-refractivity contribution in [1.29, 1.82) is 0 Å². The summed E-state index contributed by atoms with van der Waals surface area (Å²) in [7, 11) is 0. The fraction of sp³-hybridized carbons (Fsp3) is 0.200. The quantitative estimate of drug-likeness (QED) is 0.285. The average Bonchev–Trinajstić information content (AvgIpc) is 2.68. The monoisotopic (exact) mass is 542 g/mol. The van der Waals surface area contributed by atoms with Gasteiger partial charge < -0.3 is 0 Å². The normalized spacial score (nSPS) is 10.5. The van der Waals surface area contributed by atoms with Crippen LogP contribution in [0.1, 0.15) is 6.42 Å². The summed E-state index contributed by atoms with van der Waals surface area (Å²) in [5.41, 5.74) is -2.68. The Balaban J connectivity index is 2.39. The molecule has 14 nitrogen and oxygen atoms in total. The van der Waals surface area contributed by atoms with Crippen LogP contribution in [0.2, 0.25) is 20.1 Å². The Kier molecular flexibility index (Phi) is 8.38. The standard InChI is InChI=1S/C15H10Cl4N6O8/c16-8-4-10(18)14(12(6-8)22(26)27)20(24(30)31)2-1-3-21(25(32)33)15-11(19)5-9(17)7-13(15)23(28)29/h4-7H,1-3H2. The van der Waals surface area contributed by atoms with Crippen LogP contribution in [-0.4, -0.2) is 33.0 Å². The summed E-state index contributed by atoms with van der Waals surface area (Å²) in [6.07, 6.45) is -0.367. The van der Waals surface area contributed by atoms with Crippen molar-refractivity contribution in [3.63, 3.8) is 0 Å². The number of rotatable bonds is 10. The lowest BCUT2D eigenvalue weighted by atomic mass is 10.2. The molecule has 2 rings (SSSR count). The van der Waals surface area contributed by atoms with E-state index in [1.807, 2.05) is 0 Å². The predicted molar refractivity (Wildman–Crippen MR) is 120 cm³/mol. The van der Waals surface area contributed by atoms with Gasteiger partial charge in [-0.2, -0.15) is 0 Å². The Bertz CT molecular complexity index is 1060. The van der Waals surface area contributed by atoms with Crippen LogP contribution in [0.5, 0.6) is 0 Å². The second-order valence-corrected chi connectivity index (χ2v) is 7.79. The number of nitro benzene ring substituents is 2. The second-order valence-electron chi connectivity index (χ2n) is 6.10. The molecule has 0 saturated carbocycles. The molecular weight excluding hydrogens is 534 g/mol. The van der Waals surface area contributed by atoms with Crippen LogP contribution < -0.4 is 10.0 Å². The van der Waals surface area contributed by atoms with Crippen LogP contribution in [0.4, 0.5) is 22.7 Å². The van der Waals surface area contributed by atoms with Crippen molar-refractivity contribution in [3.05, 3.63) is 84.8 Å². The van der Waals surface area contributed by atoms with Crippen molar-refractivity contribution in [1.82, 2.24) is 0 Å². The summed E-state index contributed by atoms with van der Waals surface area (Å²) < 4.78 is 0. The van der Waals surface area contributed by atoms with Crippen LogP contribution in [0.25, 0.3) is 0 Å². The minimum Gasteiger partial charge on any atom is -0.258 e. The molecule has 0 aliphatic carbocycles. The van der Waals surface area contributed by atoms with Gasteiger partial charge in [-0.25, -0.2) is 20.2 Å². The number of nitrogens with zero attached hydrogens (tertiary/aromatic N) is 6. The molecule has 0 heterocycles. The molecule has 0 amide bonds. The minimum absolute atomic E-state index is 0.136. The van der Waals surface area contributed by atoms with Gasteiger partial charge >= 0.3 is 11.4 Å². The molecule has 0 aromatic heterocycles. The second kappa shape index (κ2) is 10.6. The number of halogens is 4. The van der Waals surface area contributed by atoms with Crippen molar-refractivity contribution in [2.45, 2.75) is 6.42 Å². The van der Waals surface area contributed by atoms with Gasteiger partial charge in [-0.15, -0.1) is 0 Å². The fourth-order valence-electron chi connectivity index (χ4n) is 2.81. The van der Waals surface area contributed by atoms with Gasteiger partial charge in [0.25, 0.3) is 0 Å². The zero-order valence-electron chi connectivity index (χ0n) is 15.9. The Morgan fingerprint density at radius 1 is 0.636 bits per heavy atom. The largest absolute Gasteiger partial charge is 0.301 e. The van der Waals surface area contributed by atoms with Gasteiger partial charge in [0, 0.05) is 22.2 Å². The Morgan fingerprint density at radius 2 is 0.970 bits per heavy atom. The number of benzene rings is 2. The summed E-state index contributed by atoms with van der Waals surface area (Å²) in [6, 6.07) is 3.84. The van der Waals surface area contributed by atoms with Crippen LogP contribution in [0, 0.1) is 40.5 Å². The first-order valence-corrected chi connectivity index (χ1v) is 9.96. The van der Waals surface area contributed by atoms with Crippen molar-refractivity contribution in [3.8, 4) is 0 Å². The van der Waals surface area contributed by atoms with Crippen LogP contribution >= 0.6 is 46.4 Å². The molecule has 0 aliphatic rings. The Morgan fingerprint density at radius 3 is 1.24 bits per heavy atom. The van der Waals surface area contributed by atoms with Crippen molar-refractivity contribution in [2.75, 3.05) is 23.1 Å². The maximum atomic E-state index is 11.6. The molecule has 2 aromatic carbocycles. The van der Waals surface area contributed by atoms with Gasteiger partial charge in [0.2, 0.25) is 11.4 Å². The van der Waals surface area contributed by atoms with E-state index in [9.17, 15) is 40.5 Å². The van der Waals surface area contributed by atoms with Crippen LogP contribution in [-0.2, 0) is 0 Å². The van der Waals surface area contributed by atoms with E-state index < -0.39 is 65.8 Å². The van der Waals surface area contributed by atoms with E-state index in [0.29, 0.717) is 10.0 Å². The summed E-state index contributed by atoms with van der Waals surface area (Å²) in [4.78, 5) is 43.9. The van der Waals surface area contributed by atoms with Crippen molar-refractivity contribution < 1.29 is 19.9 Å². The number of hydrogen-bond acceptors (Lipinski definition) is 8. The zero-order chi connectivity index (χ0) is 25.0. The van der Waals surface area contributed by atoms with Crippen LogP contribution in [0.15, 0.2) is 24.3 Å². The Hall–Kier alpha value is -3.20. The van der Waals surface area contributed by atoms with Crippen molar-refractivity contribution >= 4 is 69.2 Å². The zero-order valence-corrected chi connectivity index (χ0v) is 18.9. The SMILES string of the molecule is O=[N+]([O-])c1cc(Cl)cc(Cl)c1N(CCCN(c1c(Cl)cc(Cl)cc1[N+](=O)[O-])[N+](=O)[O-])[N+](=O)[O-]. The highest BCUT2D eigenvalue weighted by Crippen LogP contribution is 2.40. The van der Waals surface area contributed by atoms with E-state index >= 15 is 0 Å². The molecule has 0 fully saturated rings. The lowest BCUT2D eigenvalue weighted by molar-refractivity contribution is -0.500. The van der Waals surface area contributed by atoms with E-state index in [-0.39, 0.29) is 16.5 Å². The number of hydrogen-bond donors (Lipinski definition) is 0. The maximum absolute atomic E-state index is 11.6. The summed E-state index contributed by atoms with van der Waals surface area (Å²) >= 11 is 23.3. The van der Waals surface area contributed by atoms with E-state index in [4.69, 9.17) is 46.4 Å². The smallest absolute Gasteiger partial charge is 0.258 e. The molecule has 176 valence electrons. The Labute approximate surface area is 203 Å². The molecule has 2 aromatic rings. The summed E-state index contributed by atoms with van der Waals surface area (Å²) in [6.45, 7) is -1.20. The topological polar surface area (TPSA) is 179 Å². The molecule has 0 unspecified atom stereocenters. The van der Waals surface area contributed by atoms with E-state index in [2.05, 4.69) is 0 Å². The van der Waals surface area contributed by atoms with Gasteiger partial charge in [-0.05, 0) is 18.6 Å². The van der Waals surface area contributed by atoms with Crippen LogP contribution in [0.3, 0.4) is 0 Å². The molecule has 0 bridgehead atoms.